The number of hydrogen-bond acceptors (Lipinski definition) is 3. The zero-order valence-electron chi connectivity index (χ0n) is 10.9. The number of aliphatic hydroxyl groups excluding tert-OH is 1. The smallest absolute Gasteiger partial charge is 0.128 e. The molecule has 1 aromatic heterocycles. The normalized spacial score (nSPS) is 12.4. The van der Waals surface area contributed by atoms with E-state index in [9.17, 15) is 0 Å². The Morgan fingerprint density at radius 3 is 2.88 bits per heavy atom. The van der Waals surface area contributed by atoms with Crippen LogP contribution in [0.25, 0.3) is 0 Å². The van der Waals surface area contributed by atoms with Gasteiger partial charge in [-0.3, -0.25) is 4.98 Å². The van der Waals surface area contributed by atoms with Crippen molar-refractivity contribution in [3.05, 3.63) is 24.0 Å². The number of ether oxygens (including phenoxy) is 1. The molecular weight excluding hydrogens is 214 g/mol. The summed E-state index contributed by atoms with van der Waals surface area (Å²) in [4.78, 5) is 3.97. The van der Waals surface area contributed by atoms with Gasteiger partial charge < -0.3 is 9.84 Å². The molecular formula is C14H23NO2. The fourth-order valence-electron chi connectivity index (χ4n) is 1.78. The van der Waals surface area contributed by atoms with Crippen molar-refractivity contribution in [2.45, 2.75) is 58.7 Å². The highest BCUT2D eigenvalue weighted by Gasteiger charge is 2.07. The molecule has 0 radical (unpaired) electrons. The van der Waals surface area contributed by atoms with E-state index in [0.717, 1.165) is 17.7 Å². The highest BCUT2D eigenvalue weighted by atomic mass is 16.5. The molecule has 0 saturated carbocycles. The van der Waals surface area contributed by atoms with Crippen LogP contribution in [-0.4, -0.2) is 16.2 Å². The lowest BCUT2D eigenvalue weighted by molar-refractivity contribution is 0.196. The predicted molar refractivity (Wildman–Crippen MR) is 69.0 cm³/mol. The van der Waals surface area contributed by atoms with E-state index < -0.39 is 0 Å². The average Bonchev–Trinajstić information content (AvgIpc) is 2.35. The van der Waals surface area contributed by atoms with Gasteiger partial charge in [0.05, 0.1) is 12.7 Å². The molecule has 17 heavy (non-hydrogen) atoms. The molecule has 3 heteroatoms. The van der Waals surface area contributed by atoms with Crippen molar-refractivity contribution >= 4 is 0 Å². The van der Waals surface area contributed by atoms with E-state index in [1.807, 2.05) is 6.07 Å². The fraction of sp³-hybridized carbons (Fsp3) is 0.643. The van der Waals surface area contributed by atoms with Gasteiger partial charge in [-0.05, 0) is 25.8 Å². The van der Waals surface area contributed by atoms with E-state index in [0.29, 0.717) is 0 Å². The van der Waals surface area contributed by atoms with Gasteiger partial charge in [-0.2, -0.15) is 0 Å². The predicted octanol–water partition coefficient (Wildman–Crippen LogP) is 3.31. The van der Waals surface area contributed by atoms with Gasteiger partial charge in [0.1, 0.15) is 5.75 Å². The number of hydrogen-bond donors (Lipinski definition) is 1. The molecule has 0 aliphatic rings. The SMILES string of the molecule is CCCCCCC(C)Oc1ccncc1CO. The van der Waals surface area contributed by atoms with Crippen molar-refractivity contribution in [2.24, 2.45) is 0 Å². The van der Waals surface area contributed by atoms with Crippen LogP contribution in [0.5, 0.6) is 5.75 Å². The van der Waals surface area contributed by atoms with Crippen LogP contribution in [0, 0.1) is 0 Å². The van der Waals surface area contributed by atoms with Crippen LogP contribution < -0.4 is 4.74 Å². The molecule has 96 valence electrons. The lowest BCUT2D eigenvalue weighted by Crippen LogP contribution is -2.12. The van der Waals surface area contributed by atoms with E-state index in [1.54, 1.807) is 12.4 Å². The maximum atomic E-state index is 9.16. The van der Waals surface area contributed by atoms with Crippen LogP contribution in [-0.2, 0) is 6.61 Å². The topological polar surface area (TPSA) is 42.4 Å². The van der Waals surface area contributed by atoms with E-state index in [1.165, 1.54) is 25.7 Å². The second-order valence-electron chi connectivity index (χ2n) is 4.42. The van der Waals surface area contributed by atoms with E-state index >= 15 is 0 Å². The van der Waals surface area contributed by atoms with E-state index in [2.05, 4.69) is 18.8 Å². The molecule has 1 atom stereocenters. The largest absolute Gasteiger partial charge is 0.490 e. The first-order valence-electron chi connectivity index (χ1n) is 6.48. The minimum absolute atomic E-state index is 0.0221. The van der Waals surface area contributed by atoms with Gasteiger partial charge in [0.25, 0.3) is 0 Å². The number of aromatic nitrogens is 1. The monoisotopic (exact) mass is 237 g/mol. The van der Waals surface area contributed by atoms with Crippen molar-refractivity contribution in [2.75, 3.05) is 0 Å². The minimum atomic E-state index is -0.0221. The van der Waals surface area contributed by atoms with E-state index in [-0.39, 0.29) is 12.7 Å². The van der Waals surface area contributed by atoms with Crippen molar-refractivity contribution < 1.29 is 9.84 Å². The van der Waals surface area contributed by atoms with Crippen molar-refractivity contribution in [1.82, 2.24) is 4.98 Å². The van der Waals surface area contributed by atoms with Gasteiger partial charge in [-0.25, -0.2) is 0 Å². The Hall–Kier alpha value is -1.09. The Labute approximate surface area is 104 Å². The molecule has 1 aromatic rings. The Kier molecular flexibility index (Phi) is 6.63. The van der Waals surface area contributed by atoms with Gasteiger partial charge in [-0.15, -0.1) is 0 Å². The Balaban J connectivity index is 2.36. The zero-order valence-corrected chi connectivity index (χ0v) is 10.9. The molecule has 0 aliphatic heterocycles. The van der Waals surface area contributed by atoms with Gasteiger partial charge in [0, 0.05) is 18.0 Å². The van der Waals surface area contributed by atoms with Crippen molar-refractivity contribution in [1.29, 1.82) is 0 Å². The van der Waals surface area contributed by atoms with Gasteiger partial charge in [0.15, 0.2) is 0 Å². The quantitative estimate of drug-likeness (QED) is 0.705. The van der Waals surface area contributed by atoms with Crippen LogP contribution in [0.15, 0.2) is 18.5 Å². The molecule has 0 aliphatic carbocycles. The van der Waals surface area contributed by atoms with Gasteiger partial charge >= 0.3 is 0 Å². The molecule has 0 saturated heterocycles. The Bertz CT molecular complexity index is 315. The standard InChI is InChI=1S/C14H23NO2/c1-3-4-5-6-7-12(2)17-14-8-9-15-10-13(14)11-16/h8-10,12,16H,3-7,11H2,1-2H3. The molecule has 1 heterocycles. The Morgan fingerprint density at radius 1 is 1.35 bits per heavy atom. The third-order valence-electron chi connectivity index (χ3n) is 2.82. The third kappa shape index (κ3) is 5.18. The van der Waals surface area contributed by atoms with Crippen molar-refractivity contribution in [3.8, 4) is 5.75 Å². The molecule has 0 bridgehead atoms. The molecule has 1 N–H and O–H groups in total. The van der Waals surface area contributed by atoms with Gasteiger partial charge in [-0.1, -0.05) is 26.2 Å². The number of nitrogens with zero attached hydrogens (tertiary/aromatic N) is 1. The number of unbranched alkanes of at least 4 members (excludes halogenated alkanes) is 3. The summed E-state index contributed by atoms with van der Waals surface area (Å²) < 4.78 is 5.82. The molecule has 0 amide bonds. The average molecular weight is 237 g/mol. The van der Waals surface area contributed by atoms with Gasteiger partial charge in [0.2, 0.25) is 0 Å². The van der Waals surface area contributed by atoms with Crippen LogP contribution in [0.4, 0.5) is 0 Å². The molecule has 1 unspecified atom stereocenters. The molecule has 0 spiro atoms. The highest BCUT2D eigenvalue weighted by Crippen LogP contribution is 2.19. The summed E-state index contributed by atoms with van der Waals surface area (Å²) in [5.41, 5.74) is 0.757. The van der Waals surface area contributed by atoms with Crippen LogP contribution in [0.1, 0.15) is 51.5 Å². The fourth-order valence-corrected chi connectivity index (χ4v) is 1.78. The van der Waals surface area contributed by atoms with Crippen LogP contribution >= 0.6 is 0 Å². The summed E-state index contributed by atoms with van der Waals surface area (Å²) in [6.45, 7) is 4.27. The summed E-state index contributed by atoms with van der Waals surface area (Å²) >= 11 is 0. The van der Waals surface area contributed by atoms with Crippen LogP contribution in [0.2, 0.25) is 0 Å². The molecule has 0 aromatic carbocycles. The second kappa shape index (κ2) is 8.07. The van der Waals surface area contributed by atoms with E-state index in [4.69, 9.17) is 9.84 Å². The first kappa shape index (κ1) is 14.0. The molecule has 0 fully saturated rings. The minimum Gasteiger partial charge on any atom is -0.490 e. The summed E-state index contributed by atoms with van der Waals surface area (Å²) in [6.07, 6.45) is 9.63. The third-order valence-corrected chi connectivity index (χ3v) is 2.82. The second-order valence-corrected chi connectivity index (χ2v) is 4.42. The van der Waals surface area contributed by atoms with Crippen molar-refractivity contribution in [3.63, 3.8) is 0 Å². The lowest BCUT2D eigenvalue weighted by Gasteiger charge is -2.16. The summed E-state index contributed by atoms with van der Waals surface area (Å²) in [5.74, 6) is 0.755. The Morgan fingerprint density at radius 2 is 2.18 bits per heavy atom. The first-order chi connectivity index (χ1) is 8.27. The molecule has 1 rings (SSSR count). The maximum Gasteiger partial charge on any atom is 0.128 e. The summed E-state index contributed by atoms with van der Waals surface area (Å²) in [6, 6.07) is 1.81. The lowest BCUT2D eigenvalue weighted by atomic mass is 10.1. The maximum absolute atomic E-state index is 9.16. The number of aliphatic hydroxyl groups is 1. The molecule has 3 nitrogen and oxygen atoms in total. The number of rotatable bonds is 8. The number of pyridine rings is 1. The van der Waals surface area contributed by atoms with Crippen LogP contribution in [0.3, 0.4) is 0 Å². The first-order valence-corrected chi connectivity index (χ1v) is 6.48. The summed E-state index contributed by atoms with van der Waals surface area (Å²) in [5, 5.41) is 9.16. The highest BCUT2D eigenvalue weighted by molar-refractivity contribution is 5.29. The summed E-state index contributed by atoms with van der Waals surface area (Å²) in [7, 11) is 0. The zero-order chi connectivity index (χ0) is 12.5.